The highest BCUT2D eigenvalue weighted by molar-refractivity contribution is 5.27. The van der Waals surface area contributed by atoms with E-state index in [2.05, 4.69) is 50.5 Å². The summed E-state index contributed by atoms with van der Waals surface area (Å²) in [5.74, 6) is 3.25. The molecule has 1 aromatic heterocycles. The molecular weight excluding hydrogens is 464 g/mol. The van der Waals surface area contributed by atoms with Crippen LogP contribution in [-0.2, 0) is 12.8 Å². The van der Waals surface area contributed by atoms with Gasteiger partial charge in [-0.1, -0.05) is 103 Å². The van der Waals surface area contributed by atoms with Gasteiger partial charge in [0.2, 0.25) is 0 Å². The van der Waals surface area contributed by atoms with Crippen LogP contribution in [0.1, 0.15) is 152 Å². The molecule has 3 rings (SSSR count). The van der Waals surface area contributed by atoms with E-state index in [0.717, 1.165) is 24.6 Å². The van der Waals surface area contributed by atoms with Crippen LogP contribution in [0.15, 0.2) is 36.7 Å². The highest BCUT2D eigenvalue weighted by atomic mass is 16.5. The minimum Gasteiger partial charge on any atom is -0.493 e. The summed E-state index contributed by atoms with van der Waals surface area (Å²) < 4.78 is 6.16. The molecule has 0 aliphatic heterocycles. The summed E-state index contributed by atoms with van der Waals surface area (Å²) in [5, 5.41) is 0. The average Bonchev–Trinajstić information content (AvgIpc) is 2.96. The zero-order chi connectivity index (χ0) is 26.7. The van der Waals surface area contributed by atoms with E-state index in [9.17, 15) is 0 Å². The standard InChI is InChI=1S/C35H56N2O/c1-3-5-7-9-10-11-12-13-14-16-18-32-27-36-35(37-28-32)33-23-19-31(20-24-33)29-38-34-25-21-30(22-26-34)17-15-8-6-4-2/h21-22,25-28,31,33H,3-20,23-24,29H2,1-2H3. The van der Waals surface area contributed by atoms with E-state index in [4.69, 9.17) is 14.7 Å². The number of aromatic nitrogens is 2. The Morgan fingerprint density at radius 2 is 1.11 bits per heavy atom. The van der Waals surface area contributed by atoms with Gasteiger partial charge in [0.1, 0.15) is 11.6 Å². The van der Waals surface area contributed by atoms with Gasteiger partial charge in [0.15, 0.2) is 0 Å². The average molecular weight is 521 g/mol. The second-order valence-corrected chi connectivity index (χ2v) is 11.9. The molecule has 0 radical (unpaired) electrons. The van der Waals surface area contributed by atoms with Gasteiger partial charge in [-0.15, -0.1) is 0 Å². The number of hydrogen-bond acceptors (Lipinski definition) is 3. The van der Waals surface area contributed by atoms with E-state index in [1.807, 2.05) is 0 Å². The number of rotatable bonds is 20. The smallest absolute Gasteiger partial charge is 0.131 e. The second-order valence-electron chi connectivity index (χ2n) is 11.9. The first-order chi connectivity index (χ1) is 18.8. The van der Waals surface area contributed by atoms with Gasteiger partial charge in [-0.3, -0.25) is 0 Å². The quantitative estimate of drug-likeness (QED) is 0.163. The van der Waals surface area contributed by atoms with Gasteiger partial charge in [0.05, 0.1) is 6.61 Å². The Hall–Kier alpha value is -1.90. The molecule has 1 fully saturated rings. The lowest BCUT2D eigenvalue weighted by Crippen LogP contribution is -2.20. The maximum atomic E-state index is 6.16. The predicted molar refractivity (Wildman–Crippen MR) is 162 cm³/mol. The summed E-state index contributed by atoms with van der Waals surface area (Å²) in [6.45, 7) is 5.39. The highest BCUT2D eigenvalue weighted by Gasteiger charge is 2.24. The molecule has 0 N–H and O–H groups in total. The Balaban J connectivity index is 1.24. The molecule has 3 heteroatoms. The Bertz CT molecular complexity index is 824. The third-order valence-electron chi connectivity index (χ3n) is 8.48. The minimum atomic E-state index is 0.518. The first-order valence-electron chi connectivity index (χ1n) is 16.3. The fourth-order valence-corrected chi connectivity index (χ4v) is 5.83. The maximum Gasteiger partial charge on any atom is 0.131 e. The van der Waals surface area contributed by atoms with Gasteiger partial charge in [-0.25, -0.2) is 9.97 Å². The van der Waals surface area contributed by atoms with Crippen molar-refractivity contribution in [3.05, 3.63) is 53.6 Å². The molecule has 0 atom stereocenters. The number of ether oxygens (including phenoxy) is 1. The fraction of sp³-hybridized carbons (Fsp3) is 0.714. The Kier molecular flexibility index (Phi) is 15.5. The molecule has 1 aliphatic rings. The Labute approximate surface area is 234 Å². The number of benzene rings is 1. The van der Waals surface area contributed by atoms with Crippen molar-refractivity contribution in [1.82, 2.24) is 9.97 Å². The largest absolute Gasteiger partial charge is 0.493 e. The van der Waals surface area contributed by atoms with E-state index in [0.29, 0.717) is 11.8 Å². The number of nitrogens with zero attached hydrogens (tertiary/aromatic N) is 2. The summed E-state index contributed by atoms with van der Waals surface area (Å²) in [6, 6.07) is 8.81. The molecule has 1 heterocycles. The van der Waals surface area contributed by atoms with Crippen molar-refractivity contribution in [2.24, 2.45) is 5.92 Å². The van der Waals surface area contributed by atoms with Crippen molar-refractivity contribution in [1.29, 1.82) is 0 Å². The van der Waals surface area contributed by atoms with Gasteiger partial charge in [0, 0.05) is 18.3 Å². The first-order valence-corrected chi connectivity index (χ1v) is 16.3. The highest BCUT2D eigenvalue weighted by Crippen LogP contribution is 2.34. The number of unbranched alkanes of at least 4 members (excludes halogenated alkanes) is 12. The Morgan fingerprint density at radius 1 is 0.605 bits per heavy atom. The van der Waals surface area contributed by atoms with Crippen LogP contribution >= 0.6 is 0 Å². The number of hydrogen-bond donors (Lipinski definition) is 0. The summed E-state index contributed by atoms with van der Waals surface area (Å²) in [5.41, 5.74) is 2.74. The number of aryl methyl sites for hydroxylation is 2. The monoisotopic (exact) mass is 520 g/mol. The molecule has 0 saturated heterocycles. The molecule has 0 bridgehead atoms. The van der Waals surface area contributed by atoms with Crippen molar-refractivity contribution in [2.75, 3.05) is 6.61 Å². The molecule has 0 spiro atoms. The summed E-state index contributed by atoms with van der Waals surface area (Å²) >= 11 is 0. The van der Waals surface area contributed by atoms with Crippen molar-refractivity contribution >= 4 is 0 Å². The molecule has 1 saturated carbocycles. The van der Waals surface area contributed by atoms with Crippen LogP contribution in [0.3, 0.4) is 0 Å². The zero-order valence-corrected chi connectivity index (χ0v) is 24.8. The zero-order valence-electron chi connectivity index (χ0n) is 24.8. The molecular formula is C35H56N2O. The van der Waals surface area contributed by atoms with Crippen molar-refractivity contribution in [3.63, 3.8) is 0 Å². The maximum absolute atomic E-state index is 6.16. The molecule has 212 valence electrons. The minimum absolute atomic E-state index is 0.518. The van der Waals surface area contributed by atoms with Crippen molar-refractivity contribution in [3.8, 4) is 5.75 Å². The second kappa shape index (κ2) is 19.2. The fourth-order valence-electron chi connectivity index (χ4n) is 5.83. The van der Waals surface area contributed by atoms with Crippen molar-refractivity contribution < 1.29 is 4.74 Å². The van der Waals surface area contributed by atoms with Crippen LogP contribution in [0, 0.1) is 5.92 Å². The molecule has 1 aromatic carbocycles. The van der Waals surface area contributed by atoms with Gasteiger partial charge >= 0.3 is 0 Å². The Morgan fingerprint density at radius 3 is 1.68 bits per heavy atom. The molecule has 0 unspecified atom stereocenters. The van der Waals surface area contributed by atoms with Gasteiger partial charge in [-0.2, -0.15) is 0 Å². The van der Waals surface area contributed by atoms with Crippen LogP contribution in [0.4, 0.5) is 0 Å². The van der Waals surface area contributed by atoms with Crippen LogP contribution in [-0.4, -0.2) is 16.6 Å². The van der Waals surface area contributed by atoms with E-state index in [1.165, 1.54) is 133 Å². The molecule has 3 nitrogen and oxygen atoms in total. The lowest BCUT2D eigenvalue weighted by atomic mass is 9.82. The third kappa shape index (κ3) is 12.3. The summed E-state index contributed by atoms with van der Waals surface area (Å²) in [6.07, 6.45) is 30.4. The summed E-state index contributed by atoms with van der Waals surface area (Å²) in [7, 11) is 0. The van der Waals surface area contributed by atoms with Crippen molar-refractivity contribution in [2.45, 2.75) is 148 Å². The lowest BCUT2D eigenvalue weighted by Gasteiger charge is -2.27. The summed E-state index contributed by atoms with van der Waals surface area (Å²) in [4.78, 5) is 9.56. The lowest BCUT2D eigenvalue weighted by molar-refractivity contribution is 0.198. The molecule has 2 aromatic rings. The van der Waals surface area contributed by atoms with E-state index < -0.39 is 0 Å². The molecule has 1 aliphatic carbocycles. The van der Waals surface area contributed by atoms with Gasteiger partial charge < -0.3 is 4.74 Å². The van der Waals surface area contributed by atoms with Gasteiger partial charge in [-0.05, 0) is 80.5 Å². The third-order valence-corrected chi connectivity index (χ3v) is 8.48. The van der Waals surface area contributed by atoms with Crippen LogP contribution in [0.5, 0.6) is 5.75 Å². The van der Waals surface area contributed by atoms with E-state index in [1.54, 1.807) is 0 Å². The van der Waals surface area contributed by atoms with Crippen LogP contribution in [0.25, 0.3) is 0 Å². The SMILES string of the molecule is CCCCCCCCCCCCc1cnc(C2CCC(COc3ccc(CCCCCC)cc3)CC2)nc1. The van der Waals surface area contributed by atoms with E-state index in [-0.39, 0.29) is 0 Å². The first kappa shape index (κ1) is 30.6. The normalized spacial score (nSPS) is 17.5. The van der Waals surface area contributed by atoms with Crippen LogP contribution in [0.2, 0.25) is 0 Å². The predicted octanol–water partition coefficient (Wildman–Crippen LogP) is 10.4. The van der Waals surface area contributed by atoms with Gasteiger partial charge in [0.25, 0.3) is 0 Å². The van der Waals surface area contributed by atoms with E-state index >= 15 is 0 Å². The van der Waals surface area contributed by atoms with Crippen LogP contribution < -0.4 is 4.74 Å². The topological polar surface area (TPSA) is 35.0 Å². The molecule has 38 heavy (non-hydrogen) atoms. The molecule has 0 amide bonds.